The van der Waals surface area contributed by atoms with Crippen LogP contribution in [-0.2, 0) is 6.54 Å². The summed E-state index contributed by atoms with van der Waals surface area (Å²) < 4.78 is 6.31. The van der Waals surface area contributed by atoms with Gasteiger partial charge in [-0.1, -0.05) is 60.7 Å². The van der Waals surface area contributed by atoms with Crippen LogP contribution in [0.3, 0.4) is 0 Å². The fourth-order valence-corrected chi connectivity index (χ4v) is 4.63. The molecule has 1 heterocycles. The van der Waals surface area contributed by atoms with Crippen LogP contribution in [0, 0.1) is 6.92 Å². The lowest BCUT2D eigenvalue weighted by atomic mass is 10.0. The highest BCUT2D eigenvalue weighted by molar-refractivity contribution is 5.91. The normalized spacial score (nSPS) is 15.1. The van der Waals surface area contributed by atoms with E-state index in [2.05, 4.69) is 52.7 Å². The zero-order valence-electron chi connectivity index (χ0n) is 19.2. The lowest BCUT2D eigenvalue weighted by Gasteiger charge is -2.36. The minimum absolute atomic E-state index is 0.00972. The molecular formula is C29H28N2O3. The molecule has 1 unspecified atom stereocenters. The van der Waals surface area contributed by atoms with E-state index < -0.39 is 5.97 Å². The van der Waals surface area contributed by atoms with Gasteiger partial charge in [0, 0.05) is 12.2 Å². The highest BCUT2D eigenvalue weighted by Gasteiger charge is 2.27. The van der Waals surface area contributed by atoms with Crippen LogP contribution in [0.4, 0.5) is 11.4 Å². The van der Waals surface area contributed by atoms with Crippen molar-refractivity contribution in [1.82, 2.24) is 5.32 Å². The van der Waals surface area contributed by atoms with Gasteiger partial charge in [0.2, 0.25) is 0 Å². The first-order valence-corrected chi connectivity index (χ1v) is 11.6. The number of para-hydroxylation sites is 2. The Kier molecular flexibility index (Phi) is 6.19. The predicted octanol–water partition coefficient (Wildman–Crippen LogP) is 5.93. The third kappa shape index (κ3) is 4.47. The van der Waals surface area contributed by atoms with Crippen molar-refractivity contribution in [3.8, 4) is 5.75 Å². The molecule has 5 heteroatoms. The number of hydrogen-bond donors (Lipinski definition) is 2. The number of rotatable bonds is 7. The van der Waals surface area contributed by atoms with Gasteiger partial charge in [0.15, 0.2) is 0 Å². The summed E-state index contributed by atoms with van der Waals surface area (Å²) in [6, 6.07) is 28.4. The van der Waals surface area contributed by atoms with E-state index in [1.165, 1.54) is 16.3 Å². The standard InChI is InChI=1S/C29H28N2O3/c1-20-13-14-23(17-26(20)29(32)33)31-19-24(34-28-12-5-4-11-27(28)31)15-16-30-18-22-9-6-8-21-7-2-3-10-25(21)22/h2-14,17,24,30H,15-16,18-19H2,1H3,(H,32,33). The molecule has 1 aliphatic heterocycles. The van der Waals surface area contributed by atoms with Gasteiger partial charge in [-0.15, -0.1) is 0 Å². The number of anilines is 2. The Bertz CT molecular complexity index is 1330. The maximum absolute atomic E-state index is 11.7. The van der Waals surface area contributed by atoms with Crippen LogP contribution >= 0.6 is 0 Å². The first-order chi connectivity index (χ1) is 16.6. The lowest BCUT2D eigenvalue weighted by Crippen LogP contribution is -2.39. The zero-order valence-corrected chi connectivity index (χ0v) is 19.2. The molecule has 0 amide bonds. The molecule has 0 aromatic heterocycles. The maximum atomic E-state index is 11.7. The number of fused-ring (bicyclic) bond motifs is 2. The van der Waals surface area contributed by atoms with Crippen molar-refractivity contribution in [1.29, 1.82) is 0 Å². The Hall–Kier alpha value is -3.83. The van der Waals surface area contributed by atoms with Crippen LogP contribution in [0.2, 0.25) is 0 Å². The van der Waals surface area contributed by atoms with Crippen molar-refractivity contribution in [3.63, 3.8) is 0 Å². The van der Waals surface area contributed by atoms with E-state index in [0.29, 0.717) is 12.1 Å². The monoisotopic (exact) mass is 452 g/mol. The van der Waals surface area contributed by atoms with Crippen LogP contribution in [0.1, 0.15) is 27.9 Å². The molecule has 0 aliphatic carbocycles. The Morgan fingerprint density at radius 1 is 1.03 bits per heavy atom. The second-order valence-electron chi connectivity index (χ2n) is 8.73. The molecule has 0 bridgehead atoms. The highest BCUT2D eigenvalue weighted by Crippen LogP contribution is 2.39. The van der Waals surface area contributed by atoms with Gasteiger partial charge in [-0.2, -0.15) is 0 Å². The van der Waals surface area contributed by atoms with E-state index in [4.69, 9.17) is 4.74 Å². The molecule has 0 radical (unpaired) electrons. The summed E-state index contributed by atoms with van der Waals surface area (Å²) in [7, 11) is 0. The average molecular weight is 453 g/mol. The number of benzene rings is 4. The topological polar surface area (TPSA) is 61.8 Å². The minimum atomic E-state index is -0.907. The first kappa shape index (κ1) is 22.0. The first-order valence-electron chi connectivity index (χ1n) is 11.6. The number of nitrogens with one attached hydrogen (secondary N) is 1. The third-order valence-corrected chi connectivity index (χ3v) is 6.44. The quantitative estimate of drug-likeness (QED) is 0.341. The Labute approximate surface area is 199 Å². The number of hydrogen-bond acceptors (Lipinski definition) is 4. The maximum Gasteiger partial charge on any atom is 0.336 e. The lowest BCUT2D eigenvalue weighted by molar-refractivity contribution is 0.0696. The molecule has 0 saturated carbocycles. The van der Waals surface area contributed by atoms with E-state index in [9.17, 15) is 9.90 Å². The Morgan fingerprint density at radius 3 is 2.71 bits per heavy atom. The molecular weight excluding hydrogens is 424 g/mol. The van der Waals surface area contributed by atoms with E-state index in [1.807, 2.05) is 43.3 Å². The average Bonchev–Trinajstić information content (AvgIpc) is 2.86. The minimum Gasteiger partial charge on any atom is -0.486 e. The Balaban J connectivity index is 1.29. The van der Waals surface area contributed by atoms with Crippen LogP contribution in [0.5, 0.6) is 5.75 Å². The molecule has 4 aromatic carbocycles. The summed E-state index contributed by atoms with van der Waals surface area (Å²) in [5.74, 6) is -0.0830. The number of aromatic carboxylic acids is 1. The van der Waals surface area contributed by atoms with Crippen molar-refractivity contribution in [2.45, 2.75) is 26.0 Å². The van der Waals surface area contributed by atoms with Gasteiger partial charge in [0.05, 0.1) is 17.8 Å². The second kappa shape index (κ2) is 9.57. The molecule has 34 heavy (non-hydrogen) atoms. The van der Waals surface area contributed by atoms with Gasteiger partial charge >= 0.3 is 5.97 Å². The van der Waals surface area contributed by atoms with Crippen molar-refractivity contribution in [3.05, 3.63) is 102 Å². The number of carboxylic acids is 1. The Morgan fingerprint density at radius 2 is 1.82 bits per heavy atom. The summed E-state index contributed by atoms with van der Waals surface area (Å²) in [6.45, 7) is 4.10. The molecule has 0 fully saturated rings. The predicted molar refractivity (Wildman–Crippen MR) is 136 cm³/mol. The van der Waals surface area contributed by atoms with Crippen LogP contribution in [0.15, 0.2) is 84.9 Å². The molecule has 1 aliphatic rings. The highest BCUT2D eigenvalue weighted by atomic mass is 16.5. The number of aryl methyl sites for hydroxylation is 1. The fourth-order valence-electron chi connectivity index (χ4n) is 4.63. The molecule has 5 rings (SSSR count). The van der Waals surface area contributed by atoms with Gasteiger partial charge in [-0.05, 0) is 66.1 Å². The summed E-state index contributed by atoms with van der Waals surface area (Å²) in [5.41, 5.74) is 4.20. The van der Waals surface area contributed by atoms with Crippen LogP contribution in [0.25, 0.3) is 10.8 Å². The van der Waals surface area contributed by atoms with Gasteiger partial charge in [0.25, 0.3) is 0 Å². The number of ether oxygens (including phenoxy) is 1. The van der Waals surface area contributed by atoms with E-state index in [-0.39, 0.29) is 6.10 Å². The molecule has 172 valence electrons. The van der Waals surface area contributed by atoms with Gasteiger partial charge in [0.1, 0.15) is 11.9 Å². The van der Waals surface area contributed by atoms with Crippen molar-refractivity contribution < 1.29 is 14.6 Å². The summed E-state index contributed by atoms with van der Waals surface area (Å²) in [5, 5.41) is 15.7. The van der Waals surface area contributed by atoms with Crippen molar-refractivity contribution >= 4 is 28.1 Å². The third-order valence-electron chi connectivity index (χ3n) is 6.44. The molecule has 1 atom stereocenters. The van der Waals surface area contributed by atoms with Crippen molar-refractivity contribution in [2.24, 2.45) is 0 Å². The SMILES string of the molecule is Cc1ccc(N2CC(CCNCc3cccc4ccccc34)Oc3ccccc32)cc1C(=O)O. The summed E-state index contributed by atoms with van der Waals surface area (Å²) >= 11 is 0. The zero-order chi connectivity index (χ0) is 23.5. The van der Waals surface area contributed by atoms with Gasteiger partial charge in [-0.3, -0.25) is 0 Å². The van der Waals surface area contributed by atoms with E-state index in [0.717, 1.165) is 42.2 Å². The fraction of sp³-hybridized carbons (Fsp3) is 0.207. The summed E-state index contributed by atoms with van der Waals surface area (Å²) in [4.78, 5) is 13.9. The largest absolute Gasteiger partial charge is 0.486 e. The van der Waals surface area contributed by atoms with E-state index >= 15 is 0 Å². The van der Waals surface area contributed by atoms with Gasteiger partial charge in [-0.25, -0.2) is 4.79 Å². The molecule has 0 spiro atoms. The van der Waals surface area contributed by atoms with Crippen LogP contribution in [-0.4, -0.2) is 30.3 Å². The van der Waals surface area contributed by atoms with Crippen LogP contribution < -0.4 is 15.0 Å². The van der Waals surface area contributed by atoms with Crippen molar-refractivity contribution in [2.75, 3.05) is 18.0 Å². The van der Waals surface area contributed by atoms with E-state index in [1.54, 1.807) is 6.07 Å². The molecule has 0 saturated heterocycles. The molecule has 4 aromatic rings. The number of carbonyl (C=O) groups is 1. The molecule has 5 nitrogen and oxygen atoms in total. The number of nitrogens with zero attached hydrogens (tertiary/aromatic N) is 1. The summed E-state index contributed by atoms with van der Waals surface area (Å²) in [6.07, 6.45) is 0.831. The molecule has 2 N–H and O–H groups in total. The number of carboxylic acid groups (broad SMARTS) is 1. The second-order valence-corrected chi connectivity index (χ2v) is 8.73. The smallest absolute Gasteiger partial charge is 0.336 e. The van der Waals surface area contributed by atoms with Gasteiger partial charge < -0.3 is 20.1 Å².